The molecule has 158 valence electrons. The molecule has 32 heavy (non-hydrogen) atoms. The van der Waals surface area contributed by atoms with E-state index in [0.717, 1.165) is 10.8 Å². The van der Waals surface area contributed by atoms with Gasteiger partial charge in [0.1, 0.15) is 5.75 Å². The third kappa shape index (κ3) is 4.77. The normalized spacial score (nSPS) is 10.9. The van der Waals surface area contributed by atoms with Crippen LogP contribution in [0.2, 0.25) is 10.0 Å². The minimum atomic E-state index is -0.641. The first-order chi connectivity index (χ1) is 15.5. The Kier molecular flexibility index (Phi) is 6.44. The van der Waals surface area contributed by atoms with E-state index in [4.69, 9.17) is 27.9 Å². The Hall–Kier alpha value is -3.74. The van der Waals surface area contributed by atoms with Crippen molar-refractivity contribution in [1.29, 1.82) is 0 Å². The standard InChI is InChI=1S/C24H15Cl2N3O3/c25-17-6-7-19(21(26)13-17)24(31)32-22-8-5-15-3-1-2-4-18(15)20(22)14-28-29-23(30)16-9-11-27-12-10-16/h1-14H,(H,29,30)/b28-14-. The minimum Gasteiger partial charge on any atom is -0.422 e. The lowest BCUT2D eigenvalue weighted by atomic mass is 10.0. The van der Waals surface area contributed by atoms with Crippen molar-refractivity contribution >= 4 is 52.1 Å². The summed E-state index contributed by atoms with van der Waals surface area (Å²) in [6.07, 6.45) is 4.47. The number of aromatic nitrogens is 1. The Morgan fingerprint density at radius 2 is 1.75 bits per heavy atom. The molecule has 6 nitrogen and oxygen atoms in total. The van der Waals surface area contributed by atoms with Crippen molar-refractivity contribution in [3.8, 4) is 5.75 Å². The number of rotatable bonds is 5. The molecular weight excluding hydrogens is 449 g/mol. The zero-order valence-electron chi connectivity index (χ0n) is 16.5. The second kappa shape index (κ2) is 9.60. The molecule has 0 unspecified atom stereocenters. The third-order valence-corrected chi connectivity index (χ3v) is 5.13. The number of hydrazone groups is 1. The number of hydrogen-bond acceptors (Lipinski definition) is 5. The highest BCUT2D eigenvalue weighted by Crippen LogP contribution is 2.29. The highest BCUT2D eigenvalue weighted by Gasteiger charge is 2.16. The van der Waals surface area contributed by atoms with E-state index in [2.05, 4.69) is 15.5 Å². The molecule has 8 heteroatoms. The van der Waals surface area contributed by atoms with Gasteiger partial charge in [-0.3, -0.25) is 9.78 Å². The number of carbonyl (C=O) groups excluding carboxylic acids is 2. The molecule has 1 heterocycles. The Balaban J connectivity index is 1.65. The van der Waals surface area contributed by atoms with Crippen LogP contribution in [0.5, 0.6) is 5.75 Å². The van der Waals surface area contributed by atoms with Crippen LogP contribution in [0.4, 0.5) is 0 Å². The van der Waals surface area contributed by atoms with E-state index in [9.17, 15) is 9.59 Å². The van der Waals surface area contributed by atoms with Crippen LogP contribution in [-0.2, 0) is 0 Å². The summed E-state index contributed by atoms with van der Waals surface area (Å²) < 4.78 is 5.62. The van der Waals surface area contributed by atoms with Crippen LogP contribution in [0.1, 0.15) is 26.3 Å². The Morgan fingerprint density at radius 1 is 0.969 bits per heavy atom. The van der Waals surface area contributed by atoms with Gasteiger partial charge < -0.3 is 4.74 Å². The summed E-state index contributed by atoms with van der Waals surface area (Å²) in [5, 5.41) is 6.36. The first-order valence-electron chi connectivity index (χ1n) is 9.45. The van der Waals surface area contributed by atoms with Crippen LogP contribution in [-0.4, -0.2) is 23.1 Å². The van der Waals surface area contributed by atoms with Crippen molar-refractivity contribution in [1.82, 2.24) is 10.4 Å². The van der Waals surface area contributed by atoms with E-state index in [1.807, 2.05) is 30.3 Å². The van der Waals surface area contributed by atoms with E-state index >= 15 is 0 Å². The minimum absolute atomic E-state index is 0.179. The maximum Gasteiger partial charge on any atom is 0.345 e. The highest BCUT2D eigenvalue weighted by molar-refractivity contribution is 6.36. The highest BCUT2D eigenvalue weighted by atomic mass is 35.5. The van der Waals surface area contributed by atoms with Crippen molar-refractivity contribution in [2.75, 3.05) is 0 Å². The van der Waals surface area contributed by atoms with Gasteiger partial charge in [0.05, 0.1) is 16.8 Å². The molecular formula is C24H15Cl2N3O3. The molecule has 0 fully saturated rings. The fourth-order valence-electron chi connectivity index (χ4n) is 3.03. The zero-order chi connectivity index (χ0) is 22.5. The van der Waals surface area contributed by atoms with Gasteiger partial charge in [0, 0.05) is 28.5 Å². The smallest absolute Gasteiger partial charge is 0.345 e. The van der Waals surface area contributed by atoms with Gasteiger partial charge in [-0.05, 0) is 47.2 Å². The van der Waals surface area contributed by atoms with E-state index in [0.29, 0.717) is 16.1 Å². The quantitative estimate of drug-likeness (QED) is 0.182. The molecule has 0 aliphatic heterocycles. The Bertz CT molecular complexity index is 1340. The summed E-state index contributed by atoms with van der Waals surface area (Å²) in [6.45, 7) is 0. The molecule has 1 amide bonds. The van der Waals surface area contributed by atoms with E-state index in [-0.39, 0.29) is 16.3 Å². The first-order valence-corrected chi connectivity index (χ1v) is 10.2. The SMILES string of the molecule is O=C(N/N=C\c1c(OC(=O)c2ccc(Cl)cc2Cl)ccc2ccccc12)c1ccncc1. The van der Waals surface area contributed by atoms with Gasteiger partial charge in [0.25, 0.3) is 5.91 Å². The predicted molar refractivity (Wildman–Crippen MR) is 125 cm³/mol. The molecule has 0 saturated heterocycles. The fourth-order valence-corrected chi connectivity index (χ4v) is 3.52. The lowest BCUT2D eigenvalue weighted by Gasteiger charge is -2.11. The number of esters is 1. The molecule has 0 radical (unpaired) electrons. The van der Waals surface area contributed by atoms with Gasteiger partial charge in [-0.25, -0.2) is 10.2 Å². The topological polar surface area (TPSA) is 80.6 Å². The molecule has 4 aromatic rings. The van der Waals surface area contributed by atoms with Crippen molar-refractivity contribution in [3.05, 3.63) is 106 Å². The number of benzene rings is 3. The molecule has 0 aliphatic rings. The lowest BCUT2D eigenvalue weighted by Crippen LogP contribution is -2.17. The first kappa shape index (κ1) is 21.5. The second-order valence-electron chi connectivity index (χ2n) is 6.65. The largest absolute Gasteiger partial charge is 0.422 e. The van der Waals surface area contributed by atoms with Crippen LogP contribution >= 0.6 is 23.2 Å². The van der Waals surface area contributed by atoms with Crippen LogP contribution in [0.15, 0.2) is 84.2 Å². The Labute approximate surface area is 193 Å². The monoisotopic (exact) mass is 463 g/mol. The molecule has 0 atom stereocenters. The number of carbonyl (C=O) groups is 2. The number of nitrogens with zero attached hydrogens (tertiary/aromatic N) is 2. The maximum absolute atomic E-state index is 12.7. The van der Waals surface area contributed by atoms with Gasteiger partial charge in [-0.1, -0.05) is 53.5 Å². The lowest BCUT2D eigenvalue weighted by molar-refractivity contribution is 0.0734. The van der Waals surface area contributed by atoms with Crippen molar-refractivity contribution in [2.24, 2.45) is 5.10 Å². The van der Waals surface area contributed by atoms with Gasteiger partial charge in [-0.15, -0.1) is 0 Å². The van der Waals surface area contributed by atoms with Gasteiger partial charge in [0.2, 0.25) is 0 Å². The van der Waals surface area contributed by atoms with E-state index < -0.39 is 11.9 Å². The average molecular weight is 464 g/mol. The molecule has 0 saturated carbocycles. The van der Waals surface area contributed by atoms with Crippen LogP contribution in [0.3, 0.4) is 0 Å². The summed E-state index contributed by atoms with van der Waals surface area (Å²) in [6, 6.07) is 18.7. The number of hydrogen-bond donors (Lipinski definition) is 1. The average Bonchev–Trinajstić information content (AvgIpc) is 2.80. The number of amides is 1. The van der Waals surface area contributed by atoms with Gasteiger partial charge >= 0.3 is 5.97 Å². The summed E-state index contributed by atoms with van der Waals surface area (Å²) in [4.78, 5) is 28.9. The van der Waals surface area contributed by atoms with Crippen LogP contribution in [0, 0.1) is 0 Å². The molecule has 0 spiro atoms. The summed E-state index contributed by atoms with van der Waals surface area (Å²) in [5.74, 6) is -0.769. The fraction of sp³-hybridized carbons (Fsp3) is 0. The number of halogens is 2. The molecule has 1 N–H and O–H groups in total. The number of nitrogens with one attached hydrogen (secondary N) is 1. The summed E-state index contributed by atoms with van der Waals surface area (Å²) in [7, 11) is 0. The molecule has 4 rings (SSSR count). The molecule has 0 bridgehead atoms. The third-order valence-electron chi connectivity index (χ3n) is 4.59. The van der Waals surface area contributed by atoms with Crippen LogP contribution in [0.25, 0.3) is 10.8 Å². The predicted octanol–water partition coefficient (Wildman–Crippen LogP) is 5.52. The molecule has 0 aliphatic carbocycles. The summed E-state index contributed by atoms with van der Waals surface area (Å²) >= 11 is 12.0. The van der Waals surface area contributed by atoms with Crippen molar-refractivity contribution in [2.45, 2.75) is 0 Å². The molecule has 3 aromatic carbocycles. The molecule has 1 aromatic heterocycles. The van der Waals surface area contributed by atoms with Gasteiger partial charge in [-0.2, -0.15) is 5.10 Å². The maximum atomic E-state index is 12.7. The second-order valence-corrected chi connectivity index (χ2v) is 7.49. The van der Waals surface area contributed by atoms with Crippen molar-refractivity contribution < 1.29 is 14.3 Å². The zero-order valence-corrected chi connectivity index (χ0v) is 18.0. The van der Waals surface area contributed by atoms with Crippen LogP contribution < -0.4 is 10.2 Å². The van der Waals surface area contributed by atoms with E-state index in [1.54, 1.807) is 24.3 Å². The number of pyridine rings is 1. The number of ether oxygens (including phenoxy) is 1. The Morgan fingerprint density at radius 3 is 2.53 bits per heavy atom. The summed E-state index contributed by atoms with van der Waals surface area (Å²) in [5.41, 5.74) is 3.59. The van der Waals surface area contributed by atoms with E-state index in [1.165, 1.54) is 30.7 Å². The van der Waals surface area contributed by atoms with Gasteiger partial charge in [0.15, 0.2) is 0 Å². The number of fused-ring (bicyclic) bond motifs is 1. The van der Waals surface area contributed by atoms with Crippen molar-refractivity contribution in [3.63, 3.8) is 0 Å².